The van der Waals surface area contributed by atoms with E-state index in [0.717, 1.165) is 22.4 Å². The topological polar surface area (TPSA) is 63.8 Å². The molecule has 0 radical (unpaired) electrons. The van der Waals surface area contributed by atoms with E-state index in [1.54, 1.807) is 34.9 Å². The molecule has 26 heavy (non-hydrogen) atoms. The third kappa shape index (κ3) is 2.74. The lowest BCUT2D eigenvalue weighted by molar-refractivity contribution is 0.373. The zero-order valence-corrected chi connectivity index (χ0v) is 15.1. The Labute approximate surface area is 153 Å². The number of hydrogen-bond acceptors (Lipinski definition) is 5. The van der Waals surface area contributed by atoms with Gasteiger partial charge in [0.25, 0.3) is 5.56 Å². The summed E-state index contributed by atoms with van der Waals surface area (Å²) in [6.07, 6.45) is 3.56. The predicted molar refractivity (Wildman–Crippen MR) is 103 cm³/mol. The molecule has 6 heteroatoms. The highest BCUT2D eigenvalue weighted by atomic mass is 32.1. The number of imidazole rings is 1. The first-order valence-electron chi connectivity index (χ1n) is 8.03. The van der Waals surface area contributed by atoms with E-state index in [-0.39, 0.29) is 11.3 Å². The molecule has 0 fully saturated rings. The van der Waals surface area contributed by atoms with Gasteiger partial charge >= 0.3 is 0 Å². The van der Waals surface area contributed by atoms with Crippen molar-refractivity contribution in [3.63, 3.8) is 0 Å². The van der Waals surface area contributed by atoms with Gasteiger partial charge in [0.15, 0.2) is 16.5 Å². The monoisotopic (exact) mass is 364 g/mol. The van der Waals surface area contributed by atoms with Gasteiger partial charge in [0.05, 0.1) is 17.3 Å². The molecule has 1 N–H and O–H groups in total. The van der Waals surface area contributed by atoms with Crippen molar-refractivity contribution < 1.29 is 9.84 Å². The lowest BCUT2D eigenvalue weighted by Gasteiger charge is -2.03. The number of fused-ring (bicyclic) bond motifs is 1. The van der Waals surface area contributed by atoms with Gasteiger partial charge in [-0.3, -0.25) is 9.20 Å². The van der Waals surface area contributed by atoms with Crippen molar-refractivity contribution in [1.82, 2.24) is 9.38 Å². The van der Waals surface area contributed by atoms with Crippen LogP contribution in [0.1, 0.15) is 11.1 Å². The molecule has 0 bridgehead atoms. The molecule has 0 aliphatic heterocycles. The van der Waals surface area contributed by atoms with Crippen LogP contribution in [0.15, 0.2) is 53.5 Å². The van der Waals surface area contributed by atoms with Crippen LogP contribution in [0.3, 0.4) is 0 Å². The standard InChI is InChI=1S/C20H16N2O3S/c1-12-5-3-4-6-14(12)15-11-22-19(24)18(26-20(22)21-15)10-13-7-8-16(23)17(9-13)25-2/h3-11,23H,1-2H3/b18-10-. The molecule has 0 atom stereocenters. The number of methoxy groups -OCH3 is 1. The van der Waals surface area contributed by atoms with Gasteiger partial charge in [-0.15, -0.1) is 0 Å². The predicted octanol–water partition coefficient (Wildman–Crippen LogP) is 2.99. The molecule has 0 aliphatic carbocycles. The summed E-state index contributed by atoms with van der Waals surface area (Å²) in [6, 6.07) is 12.9. The van der Waals surface area contributed by atoms with E-state index in [1.165, 1.54) is 18.4 Å². The van der Waals surface area contributed by atoms with E-state index in [1.807, 2.05) is 31.2 Å². The fourth-order valence-electron chi connectivity index (χ4n) is 2.86. The van der Waals surface area contributed by atoms with Crippen molar-refractivity contribution in [2.24, 2.45) is 0 Å². The van der Waals surface area contributed by atoms with Gasteiger partial charge in [0.1, 0.15) is 0 Å². The Kier molecular flexibility index (Phi) is 3.97. The minimum atomic E-state index is -0.107. The van der Waals surface area contributed by atoms with Gasteiger partial charge < -0.3 is 9.84 Å². The molecule has 2 aromatic carbocycles. The van der Waals surface area contributed by atoms with Crippen molar-refractivity contribution >= 4 is 22.4 Å². The maximum atomic E-state index is 12.7. The van der Waals surface area contributed by atoms with E-state index < -0.39 is 0 Å². The number of benzene rings is 2. The second-order valence-corrected chi connectivity index (χ2v) is 6.95. The van der Waals surface area contributed by atoms with Crippen molar-refractivity contribution in [3.8, 4) is 22.8 Å². The summed E-state index contributed by atoms with van der Waals surface area (Å²) in [4.78, 5) is 18.0. The first kappa shape index (κ1) is 16.4. The van der Waals surface area contributed by atoms with Crippen LogP contribution in [-0.2, 0) is 0 Å². The first-order valence-corrected chi connectivity index (χ1v) is 8.85. The Bertz CT molecular complexity index is 1220. The van der Waals surface area contributed by atoms with Crippen LogP contribution in [-0.4, -0.2) is 21.6 Å². The Balaban J connectivity index is 1.81. The molecule has 5 nitrogen and oxygen atoms in total. The Hall–Kier alpha value is -3.12. The van der Waals surface area contributed by atoms with Crippen molar-refractivity contribution in [3.05, 3.63) is 74.7 Å². The zero-order chi connectivity index (χ0) is 18.3. The van der Waals surface area contributed by atoms with Crippen molar-refractivity contribution in [2.45, 2.75) is 6.92 Å². The lowest BCUT2D eigenvalue weighted by atomic mass is 10.1. The molecular weight excluding hydrogens is 348 g/mol. The minimum Gasteiger partial charge on any atom is -0.504 e. The Morgan fingerprint density at radius 1 is 1.23 bits per heavy atom. The number of hydrogen-bond donors (Lipinski definition) is 1. The second kappa shape index (κ2) is 6.31. The largest absolute Gasteiger partial charge is 0.504 e. The average Bonchev–Trinajstić information content (AvgIpc) is 3.17. The van der Waals surface area contributed by atoms with Gasteiger partial charge in [0, 0.05) is 11.8 Å². The lowest BCUT2D eigenvalue weighted by Crippen LogP contribution is -2.22. The summed E-state index contributed by atoms with van der Waals surface area (Å²) in [5.41, 5.74) is 3.61. The fourth-order valence-corrected chi connectivity index (χ4v) is 3.81. The van der Waals surface area contributed by atoms with Crippen LogP contribution in [0.2, 0.25) is 0 Å². The number of phenols is 1. The fraction of sp³-hybridized carbons (Fsp3) is 0.100. The van der Waals surface area contributed by atoms with Crippen LogP contribution in [0.4, 0.5) is 0 Å². The molecule has 4 aromatic rings. The maximum absolute atomic E-state index is 12.7. The summed E-state index contributed by atoms with van der Waals surface area (Å²) in [5, 5.41) is 9.69. The summed E-state index contributed by atoms with van der Waals surface area (Å²) >= 11 is 1.34. The molecule has 0 unspecified atom stereocenters. The number of rotatable bonds is 3. The highest BCUT2D eigenvalue weighted by molar-refractivity contribution is 7.15. The molecule has 130 valence electrons. The number of aromatic nitrogens is 2. The number of nitrogens with zero attached hydrogens (tertiary/aromatic N) is 2. The molecular formula is C20H16N2O3S. The minimum absolute atomic E-state index is 0.0656. The molecule has 0 saturated heterocycles. The summed E-state index contributed by atoms with van der Waals surface area (Å²) in [6.45, 7) is 2.03. The molecule has 0 aliphatic rings. The smallest absolute Gasteiger partial charge is 0.274 e. The third-order valence-corrected chi connectivity index (χ3v) is 5.21. The van der Waals surface area contributed by atoms with E-state index in [2.05, 4.69) is 4.98 Å². The number of aromatic hydroxyl groups is 1. The number of phenolic OH excluding ortho intramolecular Hbond substituents is 1. The first-order chi connectivity index (χ1) is 12.6. The normalized spacial score (nSPS) is 12.0. The highest BCUT2D eigenvalue weighted by Crippen LogP contribution is 2.26. The number of thiazole rings is 1. The van der Waals surface area contributed by atoms with Gasteiger partial charge in [-0.25, -0.2) is 4.98 Å². The summed E-state index contributed by atoms with van der Waals surface area (Å²) in [5.74, 6) is 0.435. The number of ether oxygens (including phenoxy) is 1. The summed E-state index contributed by atoms with van der Waals surface area (Å²) in [7, 11) is 1.49. The molecule has 4 rings (SSSR count). The molecule has 2 aromatic heterocycles. The zero-order valence-electron chi connectivity index (χ0n) is 14.3. The van der Waals surface area contributed by atoms with Crippen LogP contribution in [0, 0.1) is 6.92 Å². The summed E-state index contributed by atoms with van der Waals surface area (Å²) < 4.78 is 7.27. The van der Waals surface area contributed by atoms with E-state index in [9.17, 15) is 9.90 Å². The molecule has 0 amide bonds. The van der Waals surface area contributed by atoms with Crippen LogP contribution < -0.4 is 14.8 Å². The van der Waals surface area contributed by atoms with Gasteiger partial charge in [-0.05, 0) is 36.3 Å². The molecule has 0 spiro atoms. The van der Waals surface area contributed by atoms with Crippen LogP contribution in [0.25, 0.3) is 22.3 Å². The van der Waals surface area contributed by atoms with E-state index in [0.29, 0.717) is 15.2 Å². The van der Waals surface area contributed by atoms with Crippen LogP contribution in [0.5, 0.6) is 11.5 Å². The Morgan fingerprint density at radius 3 is 2.77 bits per heavy atom. The molecule has 0 saturated carbocycles. The van der Waals surface area contributed by atoms with Crippen molar-refractivity contribution in [2.75, 3.05) is 7.11 Å². The van der Waals surface area contributed by atoms with Crippen molar-refractivity contribution in [1.29, 1.82) is 0 Å². The van der Waals surface area contributed by atoms with Gasteiger partial charge in [-0.2, -0.15) is 0 Å². The average molecular weight is 364 g/mol. The third-order valence-electron chi connectivity index (χ3n) is 4.23. The second-order valence-electron chi connectivity index (χ2n) is 5.94. The quantitative estimate of drug-likeness (QED) is 0.607. The van der Waals surface area contributed by atoms with Crippen LogP contribution >= 0.6 is 11.3 Å². The van der Waals surface area contributed by atoms with E-state index in [4.69, 9.17) is 4.74 Å². The highest BCUT2D eigenvalue weighted by Gasteiger charge is 2.11. The van der Waals surface area contributed by atoms with E-state index >= 15 is 0 Å². The van der Waals surface area contributed by atoms with Gasteiger partial charge in [0.2, 0.25) is 0 Å². The number of aryl methyl sites for hydroxylation is 1. The maximum Gasteiger partial charge on any atom is 0.274 e. The molecule has 2 heterocycles. The Morgan fingerprint density at radius 2 is 2.04 bits per heavy atom. The SMILES string of the molecule is COc1cc(/C=c2\sc3nc(-c4ccccc4C)cn3c2=O)ccc1O. The van der Waals surface area contributed by atoms with Gasteiger partial charge in [-0.1, -0.05) is 41.7 Å².